The summed E-state index contributed by atoms with van der Waals surface area (Å²) in [5.41, 5.74) is 1.75. The number of carboxylic acids is 1. The number of carboxylic acid groups (broad SMARTS) is 1. The number of hydrogen-bond donors (Lipinski definition) is 3. The zero-order valence-corrected chi connectivity index (χ0v) is 21.3. The highest BCUT2D eigenvalue weighted by Crippen LogP contribution is 2.74. The molecule has 184 valence electrons. The van der Waals surface area contributed by atoms with Gasteiger partial charge in [0.1, 0.15) is 6.10 Å². The molecule has 4 heteroatoms. The van der Waals surface area contributed by atoms with Gasteiger partial charge in [0.25, 0.3) is 0 Å². The van der Waals surface area contributed by atoms with Crippen molar-refractivity contribution in [3.05, 3.63) is 23.8 Å². The van der Waals surface area contributed by atoms with E-state index in [-0.39, 0.29) is 33.5 Å². The van der Waals surface area contributed by atoms with Gasteiger partial charge in [-0.3, -0.25) is 4.79 Å². The van der Waals surface area contributed by atoms with Gasteiger partial charge in [-0.1, -0.05) is 52.8 Å². The molecule has 3 N–H and O–H groups in total. The molecule has 33 heavy (non-hydrogen) atoms. The topological polar surface area (TPSA) is 77.8 Å². The first kappa shape index (κ1) is 23.6. The first-order valence-electron chi connectivity index (χ1n) is 13.2. The molecule has 5 aliphatic carbocycles. The van der Waals surface area contributed by atoms with Crippen molar-refractivity contribution < 1.29 is 20.1 Å². The maximum absolute atomic E-state index is 12.7. The average Bonchev–Trinajstić information content (AvgIpc) is 2.72. The Kier molecular flexibility index (Phi) is 4.98. The second-order valence-corrected chi connectivity index (χ2v) is 14.0. The maximum Gasteiger partial charge on any atom is 0.310 e. The maximum atomic E-state index is 12.7. The molecule has 4 saturated carbocycles. The normalized spacial score (nSPS) is 53.1. The van der Waals surface area contributed by atoms with E-state index >= 15 is 0 Å². The lowest BCUT2D eigenvalue weighted by atomic mass is 9.34. The fraction of sp³-hybridized carbons (Fsp3) is 0.828. The van der Waals surface area contributed by atoms with Gasteiger partial charge in [-0.2, -0.15) is 0 Å². The molecule has 0 aromatic carbocycles. The number of aliphatic hydroxyl groups excluding tert-OH is 2. The summed E-state index contributed by atoms with van der Waals surface area (Å²) < 4.78 is 0. The van der Waals surface area contributed by atoms with Gasteiger partial charge in [0, 0.05) is 0 Å². The van der Waals surface area contributed by atoms with Gasteiger partial charge >= 0.3 is 5.97 Å². The number of aliphatic carboxylic acids is 1. The van der Waals surface area contributed by atoms with Crippen molar-refractivity contribution in [2.45, 2.75) is 105 Å². The number of carbonyl (C=O) groups is 1. The predicted molar refractivity (Wildman–Crippen MR) is 129 cm³/mol. The Morgan fingerprint density at radius 1 is 0.970 bits per heavy atom. The van der Waals surface area contributed by atoms with E-state index < -0.39 is 23.6 Å². The van der Waals surface area contributed by atoms with Crippen LogP contribution in [-0.2, 0) is 4.79 Å². The van der Waals surface area contributed by atoms with Crippen LogP contribution in [0.5, 0.6) is 0 Å². The standard InChI is InChI=1S/C29H44O4/c1-17-18-9-10-28(6)22(26(18,4)16-21(30)23(17)31)8-7-19-20-15-25(2,3)11-13-29(20,24(32)33)14-12-27(19,28)5/h7,18,20-23,30-31H,1,8-16H2,2-6H3,(H,32,33). The van der Waals surface area contributed by atoms with E-state index in [0.29, 0.717) is 12.3 Å². The molecule has 0 amide bonds. The zero-order valence-electron chi connectivity index (χ0n) is 21.3. The minimum Gasteiger partial charge on any atom is -0.481 e. The van der Waals surface area contributed by atoms with Gasteiger partial charge in [-0.05, 0) is 103 Å². The predicted octanol–water partition coefficient (Wildman–Crippen LogP) is 5.73. The summed E-state index contributed by atoms with van der Waals surface area (Å²) in [4.78, 5) is 12.7. The zero-order chi connectivity index (χ0) is 24.2. The molecule has 0 aromatic rings. The Hall–Kier alpha value is -1.13. The Balaban J connectivity index is 1.60. The number of allylic oxidation sites excluding steroid dienone is 2. The smallest absolute Gasteiger partial charge is 0.310 e. The second-order valence-electron chi connectivity index (χ2n) is 14.0. The largest absolute Gasteiger partial charge is 0.481 e. The highest BCUT2D eigenvalue weighted by Gasteiger charge is 2.68. The molecule has 5 rings (SSSR count). The Morgan fingerprint density at radius 2 is 1.64 bits per heavy atom. The van der Waals surface area contributed by atoms with E-state index in [0.717, 1.165) is 56.9 Å². The van der Waals surface area contributed by atoms with Crippen molar-refractivity contribution in [3.63, 3.8) is 0 Å². The third-order valence-corrected chi connectivity index (χ3v) is 12.2. The van der Waals surface area contributed by atoms with Crippen molar-refractivity contribution in [2.24, 2.45) is 44.8 Å². The summed E-state index contributed by atoms with van der Waals surface area (Å²) >= 11 is 0. The molecule has 0 aromatic heterocycles. The highest BCUT2D eigenvalue weighted by atomic mass is 16.4. The quantitative estimate of drug-likeness (QED) is 0.440. The monoisotopic (exact) mass is 456 g/mol. The first-order valence-corrected chi connectivity index (χ1v) is 13.2. The third-order valence-electron chi connectivity index (χ3n) is 12.2. The van der Waals surface area contributed by atoms with Crippen LogP contribution in [0.3, 0.4) is 0 Å². The molecule has 4 nitrogen and oxygen atoms in total. The van der Waals surface area contributed by atoms with E-state index in [2.05, 4.69) is 47.3 Å². The molecule has 0 radical (unpaired) electrons. The van der Waals surface area contributed by atoms with E-state index in [1.807, 2.05) is 0 Å². The SMILES string of the molecule is C=C1C(O)C(O)CC2(C)C1CCC1(C)C2CC=C2C3CC(C)(C)CCC3(C(=O)O)CCC21C. The second kappa shape index (κ2) is 6.97. The van der Waals surface area contributed by atoms with Crippen LogP contribution in [0, 0.1) is 44.8 Å². The van der Waals surface area contributed by atoms with Gasteiger partial charge in [-0.15, -0.1) is 0 Å². The van der Waals surface area contributed by atoms with Crippen molar-refractivity contribution in [1.29, 1.82) is 0 Å². The van der Waals surface area contributed by atoms with Crippen molar-refractivity contribution in [1.82, 2.24) is 0 Å². The fourth-order valence-corrected chi connectivity index (χ4v) is 9.90. The molecule has 5 aliphatic rings. The van der Waals surface area contributed by atoms with Crippen LogP contribution in [0.25, 0.3) is 0 Å². The van der Waals surface area contributed by atoms with Gasteiger partial charge in [-0.25, -0.2) is 0 Å². The molecule has 0 saturated heterocycles. The van der Waals surface area contributed by atoms with Gasteiger partial charge < -0.3 is 15.3 Å². The van der Waals surface area contributed by atoms with E-state index in [1.54, 1.807) is 0 Å². The molecule has 0 aliphatic heterocycles. The Bertz CT molecular complexity index is 919. The number of hydrogen-bond acceptors (Lipinski definition) is 3. The minimum atomic E-state index is -0.812. The van der Waals surface area contributed by atoms with E-state index in [4.69, 9.17) is 0 Å². The molecule has 4 fully saturated rings. The molecular weight excluding hydrogens is 412 g/mol. The summed E-state index contributed by atoms with van der Waals surface area (Å²) in [6, 6.07) is 0. The molecule has 0 bridgehead atoms. The highest BCUT2D eigenvalue weighted by molar-refractivity contribution is 5.76. The summed E-state index contributed by atoms with van der Waals surface area (Å²) in [5, 5.41) is 31.7. The average molecular weight is 457 g/mol. The summed E-state index contributed by atoms with van der Waals surface area (Å²) in [7, 11) is 0. The minimum absolute atomic E-state index is 0.0245. The molecule has 9 atom stereocenters. The summed E-state index contributed by atoms with van der Waals surface area (Å²) in [6.45, 7) is 16.1. The van der Waals surface area contributed by atoms with Crippen molar-refractivity contribution in [2.75, 3.05) is 0 Å². The van der Waals surface area contributed by atoms with Gasteiger partial charge in [0.2, 0.25) is 0 Å². The van der Waals surface area contributed by atoms with Crippen LogP contribution >= 0.6 is 0 Å². The van der Waals surface area contributed by atoms with Crippen LogP contribution in [-0.4, -0.2) is 33.5 Å². The van der Waals surface area contributed by atoms with Crippen LogP contribution in [0.4, 0.5) is 0 Å². The van der Waals surface area contributed by atoms with Crippen molar-refractivity contribution in [3.8, 4) is 0 Å². The van der Waals surface area contributed by atoms with Gasteiger partial charge in [0.15, 0.2) is 0 Å². The lowest BCUT2D eigenvalue weighted by Crippen LogP contribution is -2.64. The van der Waals surface area contributed by atoms with Crippen molar-refractivity contribution >= 4 is 5.97 Å². The molecular formula is C29H44O4. The van der Waals surface area contributed by atoms with Crippen LogP contribution < -0.4 is 0 Å². The Morgan fingerprint density at radius 3 is 2.30 bits per heavy atom. The number of fused-ring (bicyclic) bond motifs is 7. The number of aliphatic hydroxyl groups is 2. The van der Waals surface area contributed by atoms with Gasteiger partial charge in [0.05, 0.1) is 11.5 Å². The Labute approximate surface area is 199 Å². The van der Waals surface area contributed by atoms with E-state index in [1.165, 1.54) is 5.57 Å². The molecule has 0 heterocycles. The molecule has 9 unspecified atom stereocenters. The van der Waals surface area contributed by atoms with Crippen LogP contribution in [0.2, 0.25) is 0 Å². The van der Waals surface area contributed by atoms with E-state index in [9.17, 15) is 20.1 Å². The van der Waals surface area contributed by atoms with Crippen LogP contribution in [0.15, 0.2) is 23.8 Å². The lowest BCUT2D eigenvalue weighted by Gasteiger charge is -2.69. The number of rotatable bonds is 1. The first-order chi connectivity index (χ1) is 15.2. The summed E-state index contributed by atoms with van der Waals surface area (Å²) in [6.07, 6.45) is 8.96. The van der Waals surface area contributed by atoms with Crippen LogP contribution in [0.1, 0.15) is 92.4 Å². The third kappa shape index (κ3) is 2.86. The lowest BCUT2D eigenvalue weighted by molar-refractivity contribution is -0.180. The summed E-state index contributed by atoms with van der Waals surface area (Å²) in [5.74, 6) is 0.164. The fourth-order valence-electron chi connectivity index (χ4n) is 9.90. The molecule has 0 spiro atoms.